The number of hydrogen-bond acceptors (Lipinski definition) is 3. The van der Waals surface area contributed by atoms with Crippen molar-refractivity contribution in [3.63, 3.8) is 0 Å². The van der Waals surface area contributed by atoms with Gasteiger partial charge in [-0.05, 0) is 19.3 Å². The Bertz CT molecular complexity index is 91.6. The number of hydrazone groups is 1. The lowest BCUT2D eigenvalue weighted by atomic mass is 10.3. The number of aliphatic hydroxyl groups excluding tert-OH is 1. The van der Waals surface area contributed by atoms with Crippen molar-refractivity contribution in [3.05, 3.63) is 0 Å². The van der Waals surface area contributed by atoms with Crippen LogP contribution in [0.1, 0.15) is 19.3 Å². The van der Waals surface area contributed by atoms with Crippen LogP contribution in [0, 0.1) is 0 Å². The highest BCUT2D eigenvalue weighted by molar-refractivity contribution is 5.56. The van der Waals surface area contributed by atoms with E-state index in [-0.39, 0.29) is 6.61 Å². The maximum atomic E-state index is 8.42. The number of nitrogens with zero attached hydrogens (tertiary/aromatic N) is 2. The molecule has 60 valence electrons. The van der Waals surface area contributed by atoms with E-state index >= 15 is 0 Å². The molecule has 10 heavy (non-hydrogen) atoms. The lowest BCUT2D eigenvalue weighted by Gasteiger charge is -2.01. The molecule has 0 saturated carbocycles. The minimum absolute atomic E-state index is 0.288. The lowest BCUT2D eigenvalue weighted by Crippen LogP contribution is -2.01. The van der Waals surface area contributed by atoms with Crippen LogP contribution in [0.5, 0.6) is 0 Å². The summed E-state index contributed by atoms with van der Waals surface area (Å²) < 4.78 is 0. The van der Waals surface area contributed by atoms with E-state index in [9.17, 15) is 0 Å². The van der Waals surface area contributed by atoms with Crippen LogP contribution in [0.3, 0.4) is 0 Å². The highest BCUT2D eigenvalue weighted by atomic mass is 16.2. The molecule has 0 rings (SSSR count). The van der Waals surface area contributed by atoms with Gasteiger partial charge in [-0.25, -0.2) is 0 Å². The first-order valence-electron chi connectivity index (χ1n) is 3.58. The maximum absolute atomic E-state index is 8.42. The Balaban J connectivity index is 3.02. The molecule has 0 amide bonds. The molecule has 3 nitrogen and oxygen atoms in total. The summed E-state index contributed by atoms with van der Waals surface area (Å²) in [6.07, 6.45) is 4.72. The van der Waals surface area contributed by atoms with Crippen LogP contribution in [-0.4, -0.2) is 37.0 Å². The van der Waals surface area contributed by atoms with Gasteiger partial charge in [0.2, 0.25) is 0 Å². The van der Waals surface area contributed by atoms with Gasteiger partial charge in [-0.1, -0.05) is 0 Å². The van der Waals surface area contributed by atoms with Gasteiger partial charge in [-0.2, -0.15) is 5.10 Å². The predicted octanol–water partition coefficient (Wildman–Crippen LogP) is 0.696. The SMILES string of the molecule is CN(C)/N=C/CCCCO. The summed E-state index contributed by atoms with van der Waals surface area (Å²) in [6.45, 7) is 0.288. The molecule has 0 atom stereocenters. The molecule has 0 aromatic carbocycles. The summed E-state index contributed by atoms with van der Waals surface area (Å²) >= 11 is 0. The molecule has 0 fully saturated rings. The first kappa shape index (κ1) is 9.43. The minimum atomic E-state index is 0.288. The fraction of sp³-hybridized carbons (Fsp3) is 0.857. The molecule has 0 aliphatic heterocycles. The molecular formula is C7H16N2O. The van der Waals surface area contributed by atoms with Gasteiger partial charge in [0.1, 0.15) is 0 Å². The third-order valence-corrected chi connectivity index (χ3v) is 1.05. The Kier molecular flexibility index (Phi) is 6.18. The van der Waals surface area contributed by atoms with Crippen molar-refractivity contribution >= 4 is 6.21 Å². The quantitative estimate of drug-likeness (QED) is 0.350. The molecule has 0 aromatic heterocycles. The summed E-state index contributed by atoms with van der Waals surface area (Å²) in [5, 5.41) is 14.2. The molecule has 0 aliphatic carbocycles. The van der Waals surface area contributed by atoms with Crippen molar-refractivity contribution in [2.45, 2.75) is 19.3 Å². The van der Waals surface area contributed by atoms with Crippen LogP contribution in [0.4, 0.5) is 0 Å². The van der Waals surface area contributed by atoms with E-state index < -0.39 is 0 Å². The van der Waals surface area contributed by atoms with Crippen LogP contribution in [0.25, 0.3) is 0 Å². The Morgan fingerprint density at radius 2 is 2.10 bits per heavy atom. The van der Waals surface area contributed by atoms with Crippen molar-refractivity contribution in [2.75, 3.05) is 20.7 Å². The van der Waals surface area contributed by atoms with Gasteiger partial charge in [-0.3, -0.25) is 0 Å². The topological polar surface area (TPSA) is 35.8 Å². The minimum Gasteiger partial charge on any atom is -0.396 e. The van der Waals surface area contributed by atoms with Crippen molar-refractivity contribution in [1.82, 2.24) is 5.01 Å². The summed E-state index contributed by atoms with van der Waals surface area (Å²) in [4.78, 5) is 0. The Hall–Kier alpha value is -0.570. The van der Waals surface area contributed by atoms with Crippen LogP contribution in [0.15, 0.2) is 5.10 Å². The fourth-order valence-electron chi connectivity index (χ4n) is 0.568. The van der Waals surface area contributed by atoms with Crippen LogP contribution < -0.4 is 0 Å². The van der Waals surface area contributed by atoms with Gasteiger partial charge in [0, 0.05) is 26.9 Å². The number of hydrogen-bond donors (Lipinski definition) is 1. The monoisotopic (exact) mass is 144 g/mol. The van der Waals surface area contributed by atoms with Crippen LogP contribution in [-0.2, 0) is 0 Å². The molecule has 0 bridgehead atoms. The molecule has 0 heterocycles. The molecular weight excluding hydrogens is 128 g/mol. The van der Waals surface area contributed by atoms with Gasteiger partial charge < -0.3 is 10.1 Å². The Morgan fingerprint density at radius 1 is 1.40 bits per heavy atom. The largest absolute Gasteiger partial charge is 0.396 e. The third kappa shape index (κ3) is 7.43. The van der Waals surface area contributed by atoms with Gasteiger partial charge in [-0.15, -0.1) is 0 Å². The summed E-state index contributed by atoms with van der Waals surface area (Å²) in [7, 11) is 3.78. The zero-order valence-electron chi connectivity index (χ0n) is 6.75. The van der Waals surface area contributed by atoms with E-state index in [1.165, 1.54) is 0 Å². The second-order valence-corrected chi connectivity index (χ2v) is 2.36. The zero-order valence-corrected chi connectivity index (χ0v) is 6.75. The average molecular weight is 144 g/mol. The van der Waals surface area contributed by atoms with Crippen molar-refractivity contribution in [2.24, 2.45) is 5.10 Å². The first-order valence-corrected chi connectivity index (χ1v) is 3.58. The zero-order chi connectivity index (χ0) is 7.82. The molecule has 0 saturated heterocycles. The van der Waals surface area contributed by atoms with E-state index in [1.54, 1.807) is 5.01 Å². The molecule has 1 N–H and O–H groups in total. The molecule has 0 unspecified atom stereocenters. The summed E-state index contributed by atoms with van der Waals surface area (Å²) in [5.41, 5.74) is 0. The standard InChI is InChI=1S/C7H16N2O/c1-9(2)8-6-4-3-5-7-10/h6,10H,3-5,7H2,1-2H3/b8-6+. The summed E-state index contributed by atoms with van der Waals surface area (Å²) in [5.74, 6) is 0. The van der Waals surface area contributed by atoms with E-state index in [1.807, 2.05) is 20.3 Å². The second kappa shape index (κ2) is 6.55. The average Bonchev–Trinajstić information content (AvgIpc) is 1.87. The number of aliphatic hydroxyl groups is 1. The molecule has 0 spiro atoms. The van der Waals surface area contributed by atoms with E-state index in [4.69, 9.17) is 5.11 Å². The van der Waals surface area contributed by atoms with Crippen molar-refractivity contribution in [3.8, 4) is 0 Å². The first-order chi connectivity index (χ1) is 4.77. The molecule has 0 radical (unpaired) electrons. The van der Waals surface area contributed by atoms with Gasteiger partial charge >= 0.3 is 0 Å². The fourth-order valence-corrected chi connectivity index (χ4v) is 0.568. The smallest absolute Gasteiger partial charge is 0.0431 e. The maximum Gasteiger partial charge on any atom is 0.0431 e. The van der Waals surface area contributed by atoms with Crippen LogP contribution in [0.2, 0.25) is 0 Å². The number of unbranched alkanes of at least 4 members (excludes halogenated alkanes) is 2. The molecule has 3 heteroatoms. The van der Waals surface area contributed by atoms with Gasteiger partial charge in [0.15, 0.2) is 0 Å². The lowest BCUT2D eigenvalue weighted by molar-refractivity contribution is 0.285. The Morgan fingerprint density at radius 3 is 2.60 bits per heavy atom. The van der Waals surface area contributed by atoms with Crippen molar-refractivity contribution < 1.29 is 5.11 Å². The summed E-state index contributed by atoms with van der Waals surface area (Å²) in [6, 6.07) is 0. The highest BCUT2D eigenvalue weighted by Gasteiger charge is 1.82. The van der Waals surface area contributed by atoms with E-state index in [0.717, 1.165) is 19.3 Å². The molecule has 0 aromatic rings. The normalized spacial score (nSPS) is 10.7. The van der Waals surface area contributed by atoms with Gasteiger partial charge in [0.05, 0.1) is 0 Å². The second-order valence-electron chi connectivity index (χ2n) is 2.36. The highest BCUT2D eigenvalue weighted by Crippen LogP contribution is 1.90. The number of rotatable bonds is 5. The Labute approximate surface area is 62.3 Å². The van der Waals surface area contributed by atoms with Gasteiger partial charge in [0.25, 0.3) is 0 Å². The van der Waals surface area contributed by atoms with E-state index in [0.29, 0.717) is 0 Å². The predicted molar refractivity (Wildman–Crippen MR) is 43.1 cm³/mol. The van der Waals surface area contributed by atoms with Crippen LogP contribution >= 0.6 is 0 Å². The third-order valence-electron chi connectivity index (χ3n) is 1.05. The van der Waals surface area contributed by atoms with E-state index in [2.05, 4.69) is 5.10 Å². The molecule has 0 aliphatic rings. The van der Waals surface area contributed by atoms with Crippen molar-refractivity contribution in [1.29, 1.82) is 0 Å².